The van der Waals surface area contributed by atoms with E-state index >= 15 is 0 Å². The van der Waals surface area contributed by atoms with Crippen molar-refractivity contribution in [1.29, 1.82) is 0 Å². The number of carbonyl (C=O) groups is 4. The maximum absolute atomic E-state index is 14.6. The van der Waals surface area contributed by atoms with Crippen LogP contribution in [-0.4, -0.2) is 83.2 Å². The fourth-order valence-corrected chi connectivity index (χ4v) is 6.74. The second kappa shape index (κ2) is 16.1. The van der Waals surface area contributed by atoms with Crippen LogP contribution in [0.15, 0.2) is 78.9 Å². The number of fused-ring (bicyclic) bond motifs is 4. The summed E-state index contributed by atoms with van der Waals surface area (Å²) in [6.07, 6.45) is 0.317. The van der Waals surface area contributed by atoms with Gasteiger partial charge in [0, 0.05) is 42.3 Å². The smallest absolute Gasteiger partial charge is 0.326 e. The number of pyridine rings is 1. The van der Waals surface area contributed by atoms with Gasteiger partial charge in [0.05, 0.1) is 31.5 Å². The van der Waals surface area contributed by atoms with Gasteiger partial charge in [0.2, 0.25) is 17.7 Å². The Labute approximate surface area is 302 Å². The summed E-state index contributed by atoms with van der Waals surface area (Å²) in [5.74, 6) is -0.793. The number of carbonyl (C=O) groups excluding carboxylic acids is 3. The summed E-state index contributed by atoms with van der Waals surface area (Å²) in [4.78, 5) is 60.2. The molecule has 3 aromatic carbocycles. The van der Waals surface area contributed by atoms with E-state index < -0.39 is 42.0 Å². The van der Waals surface area contributed by atoms with Crippen molar-refractivity contribution in [1.82, 2.24) is 20.5 Å². The second-order valence-electron chi connectivity index (χ2n) is 13.7. The molecule has 2 aliphatic rings. The molecule has 1 saturated heterocycles. The first-order chi connectivity index (χ1) is 25.1. The molecular formula is C40H44N4O8. The van der Waals surface area contributed by atoms with Crippen molar-refractivity contribution in [2.45, 2.75) is 70.2 Å². The number of ether oxygens (including phenoxy) is 3. The lowest BCUT2D eigenvalue weighted by molar-refractivity contribution is -0.145. The van der Waals surface area contributed by atoms with Crippen LogP contribution in [0, 0.1) is 5.92 Å². The molecule has 0 saturated carbocycles. The predicted molar refractivity (Wildman–Crippen MR) is 194 cm³/mol. The van der Waals surface area contributed by atoms with E-state index in [1.165, 1.54) is 4.90 Å². The average Bonchev–Trinajstić information content (AvgIpc) is 3.55. The fourth-order valence-electron chi connectivity index (χ4n) is 6.74. The molecule has 3 N–H and O–H groups in total. The van der Waals surface area contributed by atoms with Crippen molar-refractivity contribution in [2.24, 2.45) is 5.92 Å². The van der Waals surface area contributed by atoms with Crippen molar-refractivity contribution < 1.29 is 38.5 Å². The van der Waals surface area contributed by atoms with Crippen molar-refractivity contribution in [3.8, 4) is 28.5 Å². The minimum atomic E-state index is -1.20. The Bertz CT molecular complexity index is 1930. The SMILES string of the molecule is COc1ccc2c(O[C@@H]3C[C@H]4C(=O)N[C@@H](C(=O)O)CCCOc5cccc(c5)C[C@@H](NC(=O)CC(C)C)C(=O)N4C3)cc(-c3ccccc3)nc2c1. The van der Waals surface area contributed by atoms with Crippen molar-refractivity contribution in [2.75, 3.05) is 20.3 Å². The van der Waals surface area contributed by atoms with E-state index in [0.29, 0.717) is 40.3 Å². The van der Waals surface area contributed by atoms with Gasteiger partial charge in [-0.05, 0) is 48.6 Å². The first-order valence-corrected chi connectivity index (χ1v) is 17.6. The molecule has 52 heavy (non-hydrogen) atoms. The Morgan fingerprint density at radius 1 is 1.06 bits per heavy atom. The quantitative estimate of drug-likeness (QED) is 0.235. The zero-order valence-electron chi connectivity index (χ0n) is 29.5. The van der Waals surface area contributed by atoms with Gasteiger partial charge in [0.15, 0.2) is 0 Å². The number of hydrogen-bond acceptors (Lipinski definition) is 8. The number of nitrogens with one attached hydrogen (secondary N) is 2. The molecule has 3 heterocycles. The molecule has 1 fully saturated rings. The van der Waals surface area contributed by atoms with Gasteiger partial charge in [-0.2, -0.15) is 0 Å². The summed E-state index contributed by atoms with van der Waals surface area (Å²) in [5.41, 5.74) is 2.95. The van der Waals surface area contributed by atoms with Crippen LogP contribution in [0.25, 0.3) is 22.2 Å². The van der Waals surface area contributed by atoms with E-state index in [2.05, 4.69) is 10.6 Å². The molecule has 272 valence electrons. The van der Waals surface area contributed by atoms with E-state index in [9.17, 15) is 24.3 Å². The number of benzene rings is 3. The Morgan fingerprint density at radius 2 is 1.87 bits per heavy atom. The number of nitrogens with zero attached hydrogens (tertiary/aromatic N) is 2. The highest BCUT2D eigenvalue weighted by atomic mass is 16.5. The Hall–Kier alpha value is -5.65. The predicted octanol–water partition coefficient (Wildman–Crippen LogP) is 4.77. The molecule has 0 radical (unpaired) electrons. The molecule has 4 atom stereocenters. The van der Waals surface area contributed by atoms with E-state index in [-0.39, 0.29) is 50.7 Å². The topological polar surface area (TPSA) is 156 Å². The van der Waals surface area contributed by atoms with Gasteiger partial charge >= 0.3 is 5.97 Å². The average molecular weight is 709 g/mol. The lowest BCUT2D eigenvalue weighted by atomic mass is 10.0. The van der Waals surface area contributed by atoms with Crippen LogP contribution in [0.5, 0.6) is 17.2 Å². The maximum atomic E-state index is 14.6. The number of amides is 3. The molecule has 12 nitrogen and oxygen atoms in total. The first-order valence-electron chi connectivity index (χ1n) is 17.6. The van der Waals surface area contributed by atoms with E-state index in [1.807, 2.05) is 86.6 Å². The third kappa shape index (κ3) is 8.62. The summed E-state index contributed by atoms with van der Waals surface area (Å²) in [6.45, 7) is 4.10. The van der Waals surface area contributed by atoms with Gasteiger partial charge in [0.1, 0.15) is 41.5 Å². The number of carboxylic acids is 1. The molecule has 1 aromatic heterocycles. The summed E-state index contributed by atoms with van der Waals surface area (Å²) in [7, 11) is 1.58. The Kier molecular flexibility index (Phi) is 11.2. The number of carboxylic acid groups (broad SMARTS) is 1. The number of aliphatic carboxylic acids is 1. The molecule has 4 aromatic rings. The van der Waals surface area contributed by atoms with Gasteiger partial charge in [0.25, 0.3) is 0 Å². The van der Waals surface area contributed by atoms with Gasteiger partial charge in [-0.1, -0.05) is 56.3 Å². The standard InChI is InChI=1S/C40H44N4O8/c1-24(2)17-37(45)42-34-19-25-9-7-12-28(18-25)51-16-8-13-31(40(48)49)43-38(46)35-21-29(23-44(35)39(34)47)52-36-22-32(26-10-5-4-6-11-26)41-33-20-27(50-3)14-15-30(33)36/h4-7,9-12,14-15,18,20,22,24,29,31,34-35H,8,13,16-17,19,21,23H2,1-3H3,(H,42,45)(H,43,46)(H,48,49)/t29-,31-,34-,35+/m1/s1. The molecular weight excluding hydrogens is 664 g/mol. The lowest BCUT2D eigenvalue weighted by Crippen LogP contribution is -2.56. The highest BCUT2D eigenvalue weighted by Gasteiger charge is 2.44. The normalized spacial score (nSPS) is 21.0. The summed E-state index contributed by atoms with van der Waals surface area (Å²) < 4.78 is 18.0. The minimum Gasteiger partial charge on any atom is -0.497 e. The summed E-state index contributed by atoms with van der Waals surface area (Å²) >= 11 is 0. The molecule has 3 amide bonds. The Balaban J connectivity index is 1.37. The number of aromatic nitrogens is 1. The van der Waals surface area contributed by atoms with Gasteiger partial charge in [-0.3, -0.25) is 14.4 Å². The van der Waals surface area contributed by atoms with Crippen LogP contribution in [0.2, 0.25) is 0 Å². The molecule has 0 aliphatic carbocycles. The minimum absolute atomic E-state index is 0.0228. The summed E-state index contributed by atoms with van der Waals surface area (Å²) in [5, 5.41) is 16.3. The lowest BCUT2D eigenvalue weighted by Gasteiger charge is -2.29. The van der Waals surface area contributed by atoms with Gasteiger partial charge in [-0.15, -0.1) is 0 Å². The largest absolute Gasteiger partial charge is 0.497 e. The van der Waals surface area contributed by atoms with Crippen LogP contribution in [-0.2, 0) is 25.6 Å². The zero-order valence-corrected chi connectivity index (χ0v) is 29.5. The number of rotatable bonds is 8. The Morgan fingerprint density at radius 3 is 2.62 bits per heavy atom. The monoisotopic (exact) mass is 708 g/mol. The van der Waals surface area contributed by atoms with Crippen LogP contribution in [0.4, 0.5) is 0 Å². The van der Waals surface area contributed by atoms with Crippen molar-refractivity contribution in [3.63, 3.8) is 0 Å². The molecule has 0 spiro atoms. The number of methoxy groups -OCH3 is 1. The maximum Gasteiger partial charge on any atom is 0.326 e. The number of hydrogen-bond donors (Lipinski definition) is 3. The third-order valence-electron chi connectivity index (χ3n) is 9.28. The van der Waals surface area contributed by atoms with Gasteiger partial charge < -0.3 is 34.9 Å². The molecule has 12 heteroatoms. The highest BCUT2D eigenvalue weighted by Crippen LogP contribution is 2.35. The van der Waals surface area contributed by atoms with Crippen LogP contribution >= 0.6 is 0 Å². The van der Waals surface area contributed by atoms with Crippen LogP contribution in [0.3, 0.4) is 0 Å². The fraction of sp³-hybridized carbons (Fsp3) is 0.375. The second-order valence-corrected chi connectivity index (χ2v) is 13.7. The first kappa shape index (κ1) is 36.2. The van der Waals surface area contributed by atoms with Gasteiger partial charge in [-0.25, -0.2) is 9.78 Å². The van der Waals surface area contributed by atoms with Crippen LogP contribution < -0.4 is 24.8 Å². The van der Waals surface area contributed by atoms with E-state index in [0.717, 1.165) is 11.1 Å². The molecule has 6 rings (SSSR count). The van der Waals surface area contributed by atoms with Crippen molar-refractivity contribution in [3.05, 3.63) is 84.4 Å². The van der Waals surface area contributed by atoms with Crippen molar-refractivity contribution >= 4 is 34.6 Å². The van der Waals surface area contributed by atoms with E-state index in [1.54, 1.807) is 13.2 Å². The third-order valence-corrected chi connectivity index (χ3v) is 9.28. The summed E-state index contributed by atoms with van der Waals surface area (Å²) in [6, 6.07) is 21.0. The molecule has 2 aliphatic heterocycles. The zero-order chi connectivity index (χ0) is 36.8. The highest BCUT2D eigenvalue weighted by molar-refractivity contribution is 5.94. The van der Waals surface area contributed by atoms with E-state index in [4.69, 9.17) is 19.2 Å². The molecule has 2 bridgehead atoms. The molecule has 0 unspecified atom stereocenters. The van der Waals surface area contributed by atoms with Crippen LogP contribution in [0.1, 0.15) is 45.1 Å².